The molecular formula is C18H29FN2O2. The van der Waals surface area contributed by atoms with Crippen molar-refractivity contribution in [1.82, 2.24) is 4.90 Å². The number of ether oxygens (including phenoxy) is 1. The van der Waals surface area contributed by atoms with Crippen LogP contribution in [0.1, 0.15) is 46.5 Å². The molecule has 2 unspecified atom stereocenters. The monoisotopic (exact) mass is 324 g/mol. The lowest BCUT2D eigenvalue weighted by atomic mass is 9.68. The van der Waals surface area contributed by atoms with Crippen LogP contribution in [0.4, 0.5) is 9.18 Å². The number of carbonyl (C=O) groups is 1. The molecule has 0 aromatic rings. The van der Waals surface area contributed by atoms with Gasteiger partial charge in [0.05, 0.1) is 0 Å². The Morgan fingerprint density at radius 1 is 1.43 bits per heavy atom. The maximum Gasteiger partial charge on any atom is 0.410 e. The van der Waals surface area contributed by atoms with Crippen LogP contribution >= 0.6 is 0 Å². The predicted octanol–water partition coefficient (Wildman–Crippen LogP) is 3.78. The fourth-order valence-electron chi connectivity index (χ4n) is 3.51. The molecule has 1 aliphatic heterocycles. The second-order valence-electron chi connectivity index (χ2n) is 7.70. The van der Waals surface area contributed by atoms with Gasteiger partial charge in [0.15, 0.2) is 0 Å². The summed E-state index contributed by atoms with van der Waals surface area (Å²) in [5.74, 6) is 0.0228. The zero-order chi connectivity index (χ0) is 17.1. The quantitative estimate of drug-likeness (QED) is 0.841. The first-order valence-corrected chi connectivity index (χ1v) is 8.47. The van der Waals surface area contributed by atoms with E-state index in [0.717, 1.165) is 19.3 Å². The Bertz CT molecular complexity index is 496. The molecule has 1 saturated heterocycles. The van der Waals surface area contributed by atoms with E-state index in [9.17, 15) is 9.18 Å². The largest absolute Gasteiger partial charge is 0.444 e. The Kier molecular flexibility index (Phi) is 5.50. The number of amides is 1. The van der Waals surface area contributed by atoms with Gasteiger partial charge < -0.3 is 15.4 Å². The topological polar surface area (TPSA) is 55.6 Å². The number of carbonyl (C=O) groups excluding carboxylic acids is 1. The summed E-state index contributed by atoms with van der Waals surface area (Å²) >= 11 is 0. The highest BCUT2D eigenvalue weighted by molar-refractivity contribution is 5.68. The maximum atomic E-state index is 13.7. The van der Waals surface area contributed by atoms with Gasteiger partial charge in [0, 0.05) is 19.5 Å². The molecule has 1 amide bonds. The summed E-state index contributed by atoms with van der Waals surface area (Å²) in [5, 5.41) is 0. The van der Waals surface area contributed by atoms with Gasteiger partial charge in [-0.3, -0.25) is 0 Å². The molecule has 0 radical (unpaired) electrons. The molecule has 1 aliphatic carbocycles. The molecule has 2 aliphatic rings. The number of hydrogen-bond acceptors (Lipinski definition) is 3. The molecule has 1 heterocycles. The summed E-state index contributed by atoms with van der Waals surface area (Å²) in [6, 6.07) is 0. The molecule has 5 heteroatoms. The second-order valence-corrected chi connectivity index (χ2v) is 7.70. The Morgan fingerprint density at radius 2 is 2.17 bits per heavy atom. The highest BCUT2D eigenvalue weighted by Crippen LogP contribution is 2.43. The van der Waals surface area contributed by atoms with Crippen LogP contribution < -0.4 is 5.73 Å². The predicted molar refractivity (Wildman–Crippen MR) is 89.6 cm³/mol. The second kappa shape index (κ2) is 7.04. The third-order valence-electron chi connectivity index (χ3n) is 4.86. The maximum absolute atomic E-state index is 13.7. The van der Waals surface area contributed by atoms with E-state index in [0.29, 0.717) is 26.1 Å². The van der Waals surface area contributed by atoms with Gasteiger partial charge in [-0.2, -0.15) is 0 Å². The first-order chi connectivity index (χ1) is 10.8. The minimum atomic E-state index is -0.492. The van der Waals surface area contributed by atoms with E-state index >= 15 is 0 Å². The normalized spacial score (nSPS) is 29.0. The molecule has 23 heavy (non-hydrogen) atoms. The van der Waals surface area contributed by atoms with E-state index < -0.39 is 5.60 Å². The highest BCUT2D eigenvalue weighted by atomic mass is 19.1. The summed E-state index contributed by atoms with van der Waals surface area (Å²) in [6.45, 7) is 7.41. The minimum Gasteiger partial charge on any atom is -0.444 e. The average Bonchev–Trinajstić information content (AvgIpc) is 2.69. The van der Waals surface area contributed by atoms with Gasteiger partial charge in [-0.1, -0.05) is 12.2 Å². The Hall–Kier alpha value is -1.36. The van der Waals surface area contributed by atoms with E-state index in [4.69, 9.17) is 10.5 Å². The van der Waals surface area contributed by atoms with Crippen LogP contribution in [0.25, 0.3) is 0 Å². The SMILES string of the molecule is CC(C)(C)OC(=O)N1CCCC(CN)(C2C=CC=C(F)C2)CC1. The van der Waals surface area contributed by atoms with Crippen molar-refractivity contribution in [2.75, 3.05) is 19.6 Å². The van der Waals surface area contributed by atoms with Gasteiger partial charge in [-0.05, 0) is 64.0 Å². The van der Waals surface area contributed by atoms with Crippen LogP contribution in [0.3, 0.4) is 0 Å². The van der Waals surface area contributed by atoms with Gasteiger partial charge >= 0.3 is 6.09 Å². The van der Waals surface area contributed by atoms with Crippen molar-refractivity contribution in [3.05, 3.63) is 24.1 Å². The third kappa shape index (κ3) is 4.56. The summed E-state index contributed by atoms with van der Waals surface area (Å²) in [7, 11) is 0. The lowest BCUT2D eigenvalue weighted by molar-refractivity contribution is 0.0247. The third-order valence-corrected chi connectivity index (χ3v) is 4.86. The number of nitrogens with zero attached hydrogens (tertiary/aromatic N) is 1. The van der Waals surface area contributed by atoms with Gasteiger partial charge in [-0.15, -0.1) is 0 Å². The fourth-order valence-corrected chi connectivity index (χ4v) is 3.51. The summed E-state index contributed by atoms with van der Waals surface area (Å²) in [4.78, 5) is 14.0. The van der Waals surface area contributed by atoms with Crippen molar-refractivity contribution < 1.29 is 13.9 Å². The van der Waals surface area contributed by atoms with Crippen LogP contribution in [0.15, 0.2) is 24.1 Å². The smallest absolute Gasteiger partial charge is 0.410 e. The number of likely N-dealkylation sites (tertiary alicyclic amines) is 1. The van der Waals surface area contributed by atoms with E-state index in [2.05, 4.69) is 6.08 Å². The Balaban J connectivity index is 2.05. The van der Waals surface area contributed by atoms with Crippen LogP contribution in [0.5, 0.6) is 0 Å². The standard InChI is InChI=1S/C18H29FN2O2/c1-17(2,3)23-16(22)21-10-5-8-18(13-20,9-11-21)14-6-4-7-15(19)12-14/h4,6-7,14H,5,8-13,20H2,1-3H3. The molecule has 0 saturated carbocycles. The number of hydrogen-bond donors (Lipinski definition) is 1. The summed E-state index contributed by atoms with van der Waals surface area (Å²) < 4.78 is 19.1. The molecule has 0 aromatic carbocycles. The Morgan fingerprint density at radius 3 is 2.78 bits per heavy atom. The van der Waals surface area contributed by atoms with Crippen molar-refractivity contribution in [1.29, 1.82) is 0 Å². The van der Waals surface area contributed by atoms with E-state index in [1.54, 1.807) is 11.0 Å². The molecule has 2 N–H and O–H groups in total. The summed E-state index contributed by atoms with van der Waals surface area (Å²) in [5.41, 5.74) is 5.47. The lowest BCUT2D eigenvalue weighted by Gasteiger charge is -2.38. The van der Waals surface area contributed by atoms with E-state index in [-0.39, 0.29) is 23.3 Å². The Labute approximate surface area is 138 Å². The molecule has 2 rings (SSSR count). The van der Waals surface area contributed by atoms with Gasteiger partial charge in [0.1, 0.15) is 11.4 Å². The van der Waals surface area contributed by atoms with Crippen molar-refractivity contribution in [3.63, 3.8) is 0 Å². The van der Waals surface area contributed by atoms with E-state index in [1.165, 1.54) is 6.08 Å². The average molecular weight is 324 g/mol. The first kappa shape index (κ1) is 18.0. The molecule has 0 bridgehead atoms. The van der Waals surface area contributed by atoms with Crippen LogP contribution in [-0.4, -0.2) is 36.2 Å². The molecule has 0 spiro atoms. The summed E-state index contributed by atoms with van der Waals surface area (Å²) in [6.07, 6.45) is 8.08. The molecule has 4 nitrogen and oxygen atoms in total. The van der Waals surface area contributed by atoms with Gasteiger partial charge in [-0.25, -0.2) is 9.18 Å². The van der Waals surface area contributed by atoms with Crippen molar-refractivity contribution in [3.8, 4) is 0 Å². The lowest BCUT2D eigenvalue weighted by Crippen LogP contribution is -2.40. The first-order valence-electron chi connectivity index (χ1n) is 8.47. The van der Waals surface area contributed by atoms with Crippen molar-refractivity contribution >= 4 is 6.09 Å². The van der Waals surface area contributed by atoms with Crippen LogP contribution in [0.2, 0.25) is 0 Å². The minimum absolute atomic E-state index is 0.0847. The number of nitrogens with two attached hydrogens (primary N) is 1. The molecular weight excluding hydrogens is 295 g/mol. The van der Waals surface area contributed by atoms with Crippen molar-refractivity contribution in [2.24, 2.45) is 17.1 Å². The zero-order valence-electron chi connectivity index (χ0n) is 14.5. The van der Waals surface area contributed by atoms with Gasteiger partial charge in [0.2, 0.25) is 0 Å². The molecule has 130 valence electrons. The zero-order valence-corrected chi connectivity index (χ0v) is 14.5. The van der Waals surface area contributed by atoms with Gasteiger partial charge in [0.25, 0.3) is 0 Å². The number of rotatable bonds is 2. The fraction of sp³-hybridized carbons (Fsp3) is 0.722. The number of halogens is 1. The van der Waals surface area contributed by atoms with E-state index in [1.807, 2.05) is 20.8 Å². The van der Waals surface area contributed by atoms with Crippen molar-refractivity contribution in [2.45, 2.75) is 52.1 Å². The number of allylic oxidation sites excluding steroid dienone is 4. The molecule has 2 atom stereocenters. The highest BCUT2D eigenvalue weighted by Gasteiger charge is 2.39. The molecule has 1 fully saturated rings. The molecule has 0 aromatic heterocycles. The van der Waals surface area contributed by atoms with Crippen LogP contribution in [-0.2, 0) is 4.74 Å². The van der Waals surface area contributed by atoms with Crippen LogP contribution in [0, 0.1) is 11.3 Å².